The van der Waals surface area contributed by atoms with Crippen molar-refractivity contribution in [2.45, 2.75) is 0 Å². The van der Waals surface area contributed by atoms with E-state index in [2.05, 4.69) is 4.98 Å². The van der Waals surface area contributed by atoms with E-state index in [-0.39, 0.29) is 5.02 Å². The number of rotatable bonds is 0. The summed E-state index contributed by atoms with van der Waals surface area (Å²) in [4.78, 5) is 3.88. The zero-order valence-corrected chi connectivity index (χ0v) is 6.22. The van der Waals surface area contributed by atoms with Crippen LogP contribution in [0.4, 0.5) is 4.39 Å². The van der Waals surface area contributed by atoms with Crippen molar-refractivity contribution in [3.05, 3.63) is 35.5 Å². The molecule has 2 nitrogen and oxygen atoms in total. The van der Waals surface area contributed by atoms with E-state index in [1.165, 1.54) is 12.3 Å². The predicted octanol–water partition coefficient (Wildman–Crippen LogP) is 2.13. The maximum atomic E-state index is 12.7. The second kappa shape index (κ2) is 2.20. The smallest absolute Gasteiger partial charge is 0.146 e. The SMILES string of the molecule is Fc1cc2nccn2cc1Cl. The first-order chi connectivity index (χ1) is 5.27. The fraction of sp³-hybridized carbons (Fsp3) is 0. The number of imidazole rings is 1. The highest BCUT2D eigenvalue weighted by molar-refractivity contribution is 6.30. The van der Waals surface area contributed by atoms with Crippen LogP contribution in [-0.2, 0) is 0 Å². The number of halogens is 2. The molecule has 0 aliphatic rings. The average molecular weight is 171 g/mol. The summed E-state index contributed by atoms with van der Waals surface area (Å²) in [6.45, 7) is 0. The third kappa shape index (κ3) is 0.973. The molecule has 0 saturated carbocycles. The number of pyridine rings is 1. The van der Waals surface area contributed by atoms with Gasteiger partial charge in [0, 0.05) is 24.7 Å². The van der Waals surface area contributed by atoms with E-state index >= 15 is 0 Å². The Morgan fingerprint density at radius 2 is 2.36 bits per heavy atom. The quantitative estimate of drug-likeness (QED) is 0.592. The summed E-state index contributed by atoms with van der Waals surface area (Å²) in [5, 5.41) is 0.107. The summed E-state index contributed by atoms with van der Waals surface area (Å²) in [6, 6.07) is 1.29. The van der Waals surface area contributed by atoms with Gasteiger partial charge in [-0.05, 0) is 0 Å². The molecule has 0 N–H and O–H groups in total. The lowest BCUT2D eigenvalue weighted by atomic mass is 10.4. The van der Waals surface area contributed by atoms with E-state index in [0.717, 1.165) is 0 Å². The van der Waals surface area contributed by atoms with Crippen molar-refractivity contribution in [2.24, 2.45) is 0 Å². The Bertz CT molecular complexity index is 360. The average Bonchev–Trinajstić information content (AvgIpc) is 2.36. The van der Waals surface area contributed by atoms with Gasteiger partial charge in [0.1, 0.15) is 11.5 Å². The Morgan fingerprint density at radius 3 is 3.18 bits per heavy atom. The van der Waals surface area contributed by atoms with Crippen molar-refractivity contribution in [2.75, 3.05) is 0 Å². The molecule has 0 aromatic carbocycles. The van der Waals surface area contributed by atoms with Gasteiger partial charge in [-0.2, -0.15) is 0 Å². The molecule has 2 aromatic rings. The zero-order valence-electron chi connectivity index (χ0n) is 5.46. The first-order valence-electron chi connectivity index (χ1n) is 3.05. The largest absolute Gasteiger partial charge is 0.305 e. The monoisotopic (exact) mass is 170 g/mol. The summed E-state index contributed by atoms with van der Waals surface area (Å²) in [5.41, 5.74) is 0.562. The van der Waals surface area contributed by atoms with Crippen LogP contribution in [0.15, 0.2) is 24.7 Å². The molecule has 0 radical (unpaired) electrons. The second-order valence-electron chi connectivity index (χ2n) is 2.16. The van der Waals surface area contributed by atoms with Gasteiger partial charge in [-0.1, -0.05) is 11.6 Å². The molecule has 0 atom stereocenters. The van der Waals surface area contributed by atoms with Crippen LogP contribution in [0.5, 0.6) is 0 Å². The van der Waals surface area contributed by atoms with Crippen molar-refractivity contribution >= 4 is 17.2 Å². The molecule has 2 heterocycles. The summed E-state index contributed by atoms with van der Waals surface area (Å²) >= 11 is 5.52. The first-order valence-corrected chi connectivity index (χ1v) is 3.43. The molecule has 0 amide bonds. The summed E-state index contributed by atoms with van der Waals surface area (Å²) in [6.07, 6.45) is 4.78. The van der Waals surface area contributed by atoms with E-state index in [4.69, 9.17) is 11.6 Å². The zero-order chi connectivity index (χ0) is 7.84. The van der Waals surface area contributed by atoms with Crippen molar-refractivity contribution in [3.63, 3.8) is 0 Å². The van der Waals surface area contributed by atoms with Gasteiger partial charge in [-0.15, -0.1) is 0 Å². The van der Waals surface area contributed by atoms with Gasteiger partial charge in [0.15, 0.2) is 0 Å². The van der Waals surface area contributed by atoms with E-state index in [1.807, 2.05) is 0 Å². The van der Waals surface area contributed by atoms with Crippen LogP contribution in [0.25, 0.3) is 5.65 Å². The molecule has 0 fully saturated rings. The van der Waals surface area contributed by atoms with E-state index in [0.29, 0.717) is 5.65 Å². The molecule has 11 heavy (non-hydrogen) atoms. The van der Waals surface area contributed by atoms with Crippen LogP contribution in [0, 0.1) is 5.82 Å². The Hall–Kier alpha value is -1.09. The Kier molecular flexibility index (Phi) is 1.32. The van der Waals surface area contributed by atoms with Gasteiger partial charge >= 0.3 is 0 Å². The Balaban J connectivity index is 2.86. The van der Waals surface area contributed by atoms with Gasteiger partial charge in [-0.25, -0.2) is 9.37 Å². The normalized spacial score (nSPS) is 10.7. The van der Waals surface area contributed by atoms with E-state index in [1.54, 1.807) is 16.8 Å². The van der Waals surface area contributed by atoms with Crippen molar-refractivity contribution in [1.82, 2.24) is 9.38 Å². The highest BCUT2D eigenvalue weighted by atomic mass is 35.5. The van der Waals surface area contributed by atoms with Gasteiger partial charge < -0.3 is 4.40 Å². The standard InChI is InChI=1S/C7H4ClFN2/c8-5-4-11-2-1-10-7(11)3-6(5)9/h1-4H. The molecule has 0 spiro atoms. The molecule has 0 saturated heterocycles. The van der Waals surface area contributed by atoms with Gasteiger partial charge in [0.05, 0.1) is 5.02 Å². The molecule has 2 rings (SSSR count). The molecule has 0 bridgehead atoms. The molecule has 0 aliphatic carbocycles. The van der Waals surface area contributed by atoms with Crippen molar-refractivity contribution in [3.8, 4) is 0 Å². The van der Waals surface area contributed by atoms with E-state index in [9.17, 15) is 4.39 Å². The minimum Gasteiger partial charge on any atom is -0.305 e. The topological polar surface area (TPSA) is 17.3 Å². The van der Waals surface area contributed by atoms with E-state index < -0.39 is 5.82 Å². The molecule has 0 unspecified atom stereocenters. The van der Waals surface area contributed by atoms with Crippen LogP contribution in [-0.4, -0.2) is 9.38 Å². The van der Waals surface area contributed by atoms with Crippen LogP contribution < -0.4 is 0 Å². The molecule has 2 aromatic heterocycles. The summed E-state index contributed by atoms with van der Waals surface area (Å²) in [7, 11) is 0. The fourth-order valence-electron chi connectivity index (χ4n) is 0.912. The Morgan fingerprint density at radius 1 is 1.55 bits per heavy atom. The van der Waals surface area contributed by atoms with Crippen LogP contribution in [0.2, 0.25) is 5.02 Å². The molecule has 0 aliphatic heterocycles. The Labute approximate surface area is 67.2 Å². The summed E-state index contributed by atoms with van der Waals surface area (Å²) in [5.74, 6) is -0.439. The lowest BCUT2D eigenvalue weighted by Crippen LogP contribution is -1.85. The molecule has 4 heteroatoms. The highest BCUT2D eigenvalue weighted by Crippen LogP contribution is 2.14. The number of hydrogen-bond acceptors (Lipinski definition) is 1. The lowest BCUT2D eigenvalue weighted by molar-refractivity contribution is 0.627. The molecular weight excluding hydrogens is 167 g/mol. The molecule has 56 valence electrons. The van der Waals surface area contributed by atoms with Crippen LogP contribution >= 0.6 is 11.6 Å². The second-order valence-corrected chi connectivity index (χ2v) is 2.57. The fourth-order valence-corrected chi connectivity index (χ4v) is 1.07. The minimum absolute atomic E-state index is 0.107. The number of aromatic nitrogens is 2. The number of fused-ring (bicyclic) bond motifs is 1. The van der Waals surface area contributed by atoms with Crippen molar-refractivity contribution in [1.29, 1.82) is 0 Å². The lowest BCUT2D eigenvalue weighted by Gasteiger charge is -1.94. The third-order valence-corrected chi connectivity index (χ3v) is 1.71. The highest BCUT2D eigenvalue weighted by Gasteiger charge is 2.01. The molecular formula is C7H4ClFN2. The van der Waals surface area contributed by atoms with Gasteiger partial charge in [0.25, 0.3) is 0 Å². The number of nitrogens with zero attached hydrogens (tertiary/aromatic N) is 2. The van der Waals surface area contributed by atoms with Crippen molar-refractivity contribution < 1.29 is 4.39 Å². The summed E-state index contributed by atoms with van der Waals surface area (Å²) < 4.78 is 14.4. The maximum absolute atomic E-state index is 12.7. The third-order valence-electron chi connectivity index (χ3n) is 1.44. The minimum atomic E-state index is -0.439. The van der Waals surface area contributed by atoms with Crippen LogP contribution in [0.3, 0.4) is 0 Å². The van der Waals surface area contributed by atoms with Gasteiger partial charge in [-0.3, -0.25) is 0 Å². The first kappa shape index (κ1) is 6.61. The van der Waals surface area contributed by atoms with Gasteiger partial charge in [0.2, 0.25) is 0 Å². The van der Waals surface area contributed by atoms with Crippen LogP contribution in [0.1, 0.15) is 0 Å². The maximum Gasteiger partial charge on any atom is 0.146 e. The predicted molar refractivity (Wildman–Crippen MR) is 40.2 cm³/mol. The number of hydrogen-bond donors (Lipinski definition) is 0.